The average molecular weight is 248 g/mol. The molecule has 0 spiro atoms. The Kier molecular flexibility index (Phi) is 4.44. The largest absolute Gasteiger partial charge is 0.465 e. The first kappa shape index (κ1) is 13.7. The van der Waals surface area contributed by atoms with Gasteiger partial charge in [0.25, 0.3) is 0 Å². The molecule has 0 N–H and O–H groups in total. The van der Waals surface area contributed by atoms with E-state index in [0.29, 0.717) is 5.56 Å². The Morgan fingerprint density at radius 1 is 1.50 bits per heavy atom. The molecule has 0 saturated carbocycles. The highest BCUT2D eigenvalue weighted by Crippen LogP contribution is 2.24. The number of hydrogen-bond donors (Lipinski definition) is 0. The molecule has 4 nitrogen and oxygen atoms in total. The summed E-state index contributed by atoms with van der Waals surface area (Å²) in [6.45, 7) is 6.77. The van der Waals surface area contributed by atoms with E-state index in [1.807, 2.05) is 0 Å². The van der Waals surface area contributed by atoms with Gasteiger partial charge in [0.15, 0.2) is 0 Å². The van der Waals surface area contributed by atoms with Gasteiger partial charge in [0.05, 0.1) is 19.3 Å². The molecular formula is C13H13FN2O2. The fraction of sp³-hybridized carbons (Fsp3) is 0.231. The SMILES string of the molecule is [C-]#[N+]c1ccc(/C(=C\N(C)C)C(=O)OC)cc1F. The summed E-state index contributed by atoms with van der Waals surface area (Å²) in [6, 6.07) is 4.01. The van der Waals surface area contributed by atoms with E-state index in [1.165, 1.54) is 25.4 Å². The average Bonchev–Trinajstić information content (AvgIpc) is 2.34. The van der Waals surface area contributed by atoms with Crippen molar-refractivity contribution in [1.29, 1.82) is 0 Å². The van der Waals surface area contributed by atoms with E-state index in [4.69, 9.17) is 6.57 Å². The number of rotatable bonds is 3. The molecule has 18 heavy (non-hydrogen) atoms. The summed E-state index contributed by atoms with van der Waals surface area (Å²) in [5.74, 6) is -1.21. The zero-order chi connectivity index (χ0) is 13.7. The highest BCUT2D eigenvalue weighted by molar-refractivity contribution is 6.16. The molecule has 0 aliphatic carbocycles. The minimum Gasteiger partial charge on any atom is -0.465 e. The number of halogens is 1. The maximum Gasteiger partial charge on any atom is 0.339 e. The van der Waals surface area contributed by atoms with Gasteiger partial charge in [-0.05, 0) is 11.6 Å². The van der Waals surface area contributed by atoms with Crippen molar-refractivity contribution in [2.75, 3.05) is 21.2 Å². The van der Waals surface area contributed by atoms with Crippen LogP contribution in [0.25, 0.3) is 10.4 Å². The molecule has 0 saturated heterocycles. The maximum atomic E-state index is 13.5. The molecule has 0 heterocycles. The standard InChI is InChI=1S/C13H13FN2O2/c1-15-12-6-5-9(7-11(12)14)10(8-16(2)3)13(17)18-4/h5-8H,2-4H3/b10-8+. The number of benzene rings is 1. The second-order valence-corrected chi connectivity index (χ2v) is 3.78. The van der Waals surface area contributed by atoms with Gasteiger partial charge in [-0.1, -0.05) is 12.1 Å². The zero-order valence-corrected chi connectivity index (χ0v) is 10.4. The van der Waals surface area contributed by atoms with Gasteiger partial charge in [0.2, 0.25) is 5.69 Å². The molecule has 0 aliphatic rings. The van der Waals surface area contributed by atoms with Crippen molar-refractivity contribution >= 4 is 17.2 Å². The number of methoxy groups -OCH3 is 1. The number of esters is 1. The van der Waals surface area contributed by atoms with Crippen LogP contribution in [0, 0.1) is 12.4 Å². The topological polar surface area (TPSA) is 33.9 Å². The highest BCUT2D eigenvalue weighted by Gasteiger charge is 2.14. The first-order chi connectivity index (χ1) is 8.49. The number of carbonyl (C=O) groups excluding carboxylic acids is 1. The van der Waals surface area contributed by atoms with Crippen LogP contribution in [0.1, 0.15) is 5.56 Å². The van der Waals surface area contributed by atoms with E-state index in [1.54, 1.807) is 19.0 Å². The second-order valence-electron chi connectivity index (χ2n) is 3.78. The second kappa shape index (κ2) is 5.82. The number of carbonyl (C=O) groups is 1. The number of ether oxygens (including phenoxy) is 1. The Balaban J connectivity index is 3.27. The van der Waals surface area contributed by atoms with Crippen molar-refractivity contribution in [1.82, 2.24) is 4.90 Å². The molecule has 0 radical (unpaired) electrons. The van der Waals surface area contributed by atoms with Crippen LogP contribution in [0.3, 0.4) is 0 Å². The van der Waals surface area contributed by atoms with Crippen molar-refractivity contribution in [3.63, 3.8) is 0 Å². The predicted octanol–water partition coefficient (Wildman–Crippen LogP) is 2.45. The summed E-state index contributed by atoms with van der Waals surface area (Å²) in [6.07, 6.45) is 1.54. The predicted molar refractivity (Wildman–Crippen MR) is 66.3 cm³/mol. The van der Waals surface area contributed by atoms with Gasteiger partial charge >= 0.3 is 5.97 Å². The third kappa shape index (κ3) is 3.08. The van der Waals surface area contributed by atoms with Crippen molar-refractivity contribution in [2.24, 2.45) is 0 Å². The molecule has 1 aromatic carbocycles. The van der Waals surface area contributed by atoms with E-state index < -0.39 is 11.8 Å². The molecule has 0 aromatic heterocycles. The lowest BCUT2D eigenvalue weighted by Gasteiger charge is -2.11. The van der Waals surface area contributed by atoms with Crippen molar-refractivity contribution in [3.8, 4) is 0 Å². The molecule has 0 amide bonds. The van der Waals surface area contributed by atoms with Gasteiger partial charge < -0.3 is 9.64 Å². The number of hydrogen-bond acceptors (Lipinski definition) is 3. The molecule has 1 rings (SSSR count). The van der Waals surface area contributed by atoms with Crippen LogP contribution in [0.5, 0.6) is 0 Å². The number of nitrogens with zero attached hydrogens (tertiary/aromatic N) is 2. The highest BCUT2D eigenvalue weighted by atomic mass is 19.1. The fourth-order valence-corrected chi connectivity index (χ4v) is 1.38. The lowest BCUT2D eigenvalue weighted by molar-refractivity contribution is -0.133. The molecule has 0 bridgehead atoms. The van der Waals surface area contributed by atoms with Crippen molar-refractivity contribution in [3.05, 3.63) is 47.2 Å². The summed E-state index contributed by atoms with van der Waals surface area (Å²) in [5.41, 5.74) is 0.534. The minimum atomic E-state index is -0.656. The van der Waals surface area contributed by atoms with Crippen molar-refractivity contribution < 1.29 is 13.9 Å². The molecule has 94 valence electrons. The van der Waals surface area contributed by atoms with E-state index in [9.17, 15) is 9.18 Å². The summed E-state index contributed by atoms with van der Waals surface area (Å²) < 4.78 is 18.2. The third-order valence-corrected chi connectivity index (χ3v) is 2.17. The zero-order valence-electron chi connectivity index (χ0n) is 10.4. The summed E-state index contributed by atoms with van der Waals surface area (Å²) in [4.78, 5) is 16.3. The summed E-state index contributed by atoms with van der Waals surface area (Å²) in [5, 5.41) is 0. The smallest absolute Gasteiger partial charge is 0.339 e. The van der Waals surface area contributed by atoms with Gasteiger partial charge in [0.1, 0.15) is 5.82 Å². The summed E-state index contributed by atoms with van der Waals surface area (Å²) >= 11 is 0. The van der Waals surface area contributed by atoms with E-state index in [0.717, 1.165) is 6.07 Å². The van der Waals surface area contributed by atoms with Crippen LogP contribution in [0.4, 0.5) is 10.1 Å². The van der Waals surface area contributed by atoms with Gasteiger partial charge in [-0.15, -0.1) is 0 Å². The van der Waals surface area contributed by atoms with Crippen LogP contribution in [-0.2, 0) is 9.53 Å². The fourth-order valence-electron chi connectivity index (χ4n) is 1.38. The first-order valence-corrected chi connectivity index (χ1v) is 5.13. The first-order valence-electron chi connectivity index (χ1n) is 5.13. The van der Waals surface area contributed by atoms with Crippen LogP contribution < -0.4 is 0 Å². The van der Waals surface area contributed by atoms with Gasteiger partial charge in [-0.25, -0.2) is 14.0 Å². The molecule has 0 fully saturated rings. The quantitative estimate of drug-likeness (QED) is 0.468. The molecule has 1 aromatic rings. The van der Waals surface area contributed by atoms with Gasteiger partial charge in [-0.3, -0.25) is 0 Å². The molecule has 0 atom stereocenters. The maximum absolute atomic E-state index is 13.5. The van der Waals surface area contributed by atoms with Crippen LogP contribution in [-0.4, -0.2) is 32.1 Å². The minimum absolute atomic E-state index is 0.0761. The Morgan fingerprint density at radius 2 is 2.17 bits per heavy atom. The molecule has 0 unspecified atom stereocenters. The summed E-state index contributed by atoms with van der Waals surface area (Å²) in [7, 11) is 4.75. The van der Waals surface area contributed by atoms with Gasteiger partial charge in [-0.2, -0.15) is 0 Å². The van der Waals surface area contributed by atoms with E-state index in [-0.39, 0.29) is 11.3 Å². The molecular weight excluding hydrogens is 235 g/mol. The lowest BCUT2D eigenvalue weighted by Crippen LogP contribution is -2.10. The van der Waals surface area contributed by atoms with Crippen LogP contribution in [0.15, 0.2) is 24.4 Å². The van der Waals surface area contributed by atoms with E-state index >= 15 is 0 Å². The molecule has 0 aliphatic heterocycles. The Hall–Kier alpha value is -2.35. The monoisotopic (exact) mass is 248 g/mol. The normalized spacial score (nSPS) is 10.7. The van der Waals surface area contributed by atoms with Crippen molar-refractivity contribution in [2.45, 2.75) is 0 Å². The molecule has 5 heteroatoms. The van der Waals surface area contributed by atoms with Crippen LogP contribution in [0.2, 0.25) is 0 Å². The van der Waals surface area contributed by atoms with E-state index in [2.05, 4.69) is 9.58 Å². The Bertz CT molecular complexity index is 530. The Labute approximate surface area is 105 Å². The van der Waals surface area contributed by atoms with Crippen LogP contribution >= 0.6 is 0 Å². The Morgan fingerprint density at radius 3 is 2.61 bits per heavy atom. The third-order valence-electron chi connectivity index (χ3n) is 2.17. The van der Waals surface area contributed by atoms with Gasteiger partial charge in [0, 0.05) is 20.3 Å². The lowest BCUT2D eigenvalue weighted by atomic mass is 10.1.